The zero-order valence-corrected chi connectivity index (χ0v) is 12.4. The number of halogens is 1. The first-order chi connectivity index (χ1) is 9.11. The summed E-state index contributed by atoms with van der Waals surface area (Å²) in [4.78, 5) is 0. The average Bonchev–Trinajstić information content (AvgIpc) is 2.91. The van der Waals surface area contributed by atoms with Crippen molar-refractivity contribution in [2.24, 2.45) is 5.92 Å². The van der Waals surface area contributed by atoms with Gasteiger partial charge in [0.25, 0.3) is 0 Å². The molecule has 0 fully saturated rings. The molecular formula is C15H20ClN3. The Morgan fingerprint density at radius 2 is 2.16 bits per heavy atom. The highest BCUT2D eigenvalue weighted by molar-refractivity contribution is 6.31. The van der Waals surface area contributed by atoms with E-state index in [-0.39, 0.29) is 0 Å². The highest BCUT2D eigenvalue weighted by atomic mass is 35.5. The lowest BCUT2D eigenvalue weighted by Crippen LogP contribution is -2.24. The van der Waals surface area contributed by atoms with Crippen LogP contribution in [0.2, 0.25) is 5.02 Å². The lowest BCUT2D eigenvalue weighted by molar-refractivity contribution is 0.494. The van der Waals surface area contributed by atoms with Gasteiger partial charge in [-0.15, -0.1) is 0 Å². The van der Waals surface area contributed by atoms with Gasteiger partial charge >= 0.3 is 0 Å². The molecule has 19 heavy (non-hydrogen) atoms. The Hall–Kier alpha value is -1.48. The van der Waals surface area contributed by atoms with Crippen molar-refractivity contribution in [3.05, 3.63) is 41.7 Å². The minimum atomic E-state index is 0.387. The van der Waals surface area contributed by atoms with E-state index in [1.165, 1.54) is 0 Å². The van der Waals surface area contributed by atoms with Crippen LogP contribution in [0, 0.1) is 5.92 Å². The maximum Gasteiger partial charge on any atom is 0.0877 e. The van der Waals surface area contributed by atoms with E-state index >= 15 is 0 Å². The molecular weight excluding hydrogens is 258 g/mol. The average molecular weight is 278 g/mol. The maximum absolute atomic E-state index is 6.11. The van der Waals surface area contributed by atoms with Crippen LogP contribution in [0.25, 0.3) is 5.69 Å². The highest BCUT2D eigenvalue weighted by Crippen LogP contribution is 2.26. The molecule has 1 aromatic heterocycles. The van der Waals surface area contributed by atoms with Crippen molar-refractivity contribution in [3.63, 3.8) is 0 Å². The van der Waals surface area contributed by atoms with Crippen LogP contribution in [-0.4, -0.2) is 15.8 Å². The van der Waals surface area contributed by atoms with Gasteiger partial charge in [-0.25, -0.2) is 4.68 Å². The van der Waals surface area contributed by atoms with Crippen molar-refractivity contribution in [2.75, 3.05) is 5.32 Å². The smallest absolute Gasteiger partial charge is 0.0877 e. The van der Waals surface area contributed by atoms with E-state index in [9.17, 15) is 0 Å². The second-order valence-electron chi connectivity index (χ2n) is 4.93. The summed E-state index contributed by atoms with van der Waals surface area (Å²) in [7, 11) is 0. The van der Waals surface area contributed by atoms with Crippen LogP contribution in [0.5, 0.6) is 0 Å². The van der Waals surface area contributed by atoms with E-state index in [2.05, 4.69) is 31.2 Å². The van der Waals surface area contributed by atoms with E-state index in [1.54, 1.807) is 6.20 Å². The number of rotatable bonds is 5. The third kappa shape index (κ3) is 3.29. The molecule has 0 aliphatic rings. The molecule has 2 rings (SSSR count). The highest BCUT2D eigenvalue weighted by Gasteiger charge is 2.13. The third-order valence-electron chi connectivity index (χ3n) is 3.59. The summed E-state index contributed by atoms with van der Waals surface area (Å²) in [6, 6.07) is 8.13. The molecule has 0 saturated carbocycles. The number of hydrogen-bond donors (Lipinski definition) is 1. The van der Waals surface area contributed by atoms with Crippen molar-refractivity contribution in [3.8, 4) is 5.69 Å². The molecule has 0 radical (unpaired) electrons. The zero-order chi connectivity index (χ0) is 13.8. The Balaban J connectivity index is 2.30. The molecule has 0 bridgehead atoms. The molecule has 0 aliphatic heterocycles. The van der Waals surface area contributed by atoms with Crippen LogP contribution in [0.4, 0.5) is 5.69 Å². The van der Waals surface area contributed by atoms with E-state index in [0.29, 0.717) is 12.0 Å². The fraction of sp³-hybridized carbons (Fsp3) is 0.400. The van der Waals surface area contributed by atoms with Crippen LogP contribution < -0.4 is 5.32 Å². The van der Waals surface area contributed by atoms with Gasteiger partial charge in [0, 0.05) is 23.5 Å². The molecule has 1 heterocycles. The summed E-state index contributed by atoms with van der Waals surface area (Å²) in [5.74, 6) is 0.601. The number of nitrogens with one attached hydrogen (secondary N) is 1. The number of hydrogen-bond acceptors (Lipinski definition) is 2. The van der Waals surface area contributed by atoms with Gasteiger partial charge in [0.2, 0.25) is 0 Å². The Labute approximate surface area is 119 Å². The van der Waals surface area contributed by atoms with Crippen LogP contribution >= 0.6 is 11.6 Å². The topological polar surface area (TPSA) is 29.9 Å². The molecule has 3 nitrogen and oxygen atoms in total. The third-order valence-corrected chi connectivity index (χ3v) is 3.83. The van der Waals surface area contributed by atoms with E-state index < -0.39 is 0 Å². The predicted octanol–water partition coefficient (Wildman–Crippen LogP) is 4.37. The maximum atomic E-state index is 6.11. The first-order valence-electron chi connectivity index (χ1n) is 6.68. The van der Waals surface area contributed by atoms with Crippen LogP contribution in [0.1, 0.15) is 27.2 Å². The van der Waals surface area contributed by atoms with Gasteiger partial charge in [-0.05, 0) is 37.1 Å². The molecule has 102 valence electrons. The predicted molar refractivity (Wildman–Crippen MR) is 81.1 cm³/mol. The van der Waals surface area contributed by atoms with Gasteiger partial charge in [0.05, 0.1) is 11.4 Å². The first-order valence-corrected chi connectivity index (χ1v) is 7.05. The Bertz CT molecular complexity index is 522. The molecule has 4 heteroatoms. The lowest BCUT2D eigenvalue weighted by Gasteiger charge is -2.23. The molecule has 0 amide bonds. The van der Waals surface area contributed by atoms with Gasteiger partial charge in [-0.1, -0.05) is 31.9 Å². The molecule has 0 saturated heterocycles. The van der Waals surface area contributed by atoms with Gasteiger partial charge in [0.1, 0.15) is 0 Å². The molecule has 0 aliphatic carbocycles. The van der Waals surface area contributed by atoms with Crippen molar-refractivity contribution in [1.82, 2.24) is 9.78 Å². The fourth-order valence-corrected chi connectivity index (χ4v) is 2.15. The Kier molecular flexibility index (Phi) is 4.48. The molecule has 2 unspecified atom stereocenters. The Morgan fingerprint density at radius 3 is 2.79 bits per heavy atom. The summed E-state index contributed by atoms with van der Waals surface area (Å²) in [5, 5.41) is 8.56. The summed E-state index contributed by atoms with van der Waals surface area (Å²) >= 11 is 6.11. The van der Waals surface area contributed by atoms with E-state index in [0.717, 1.165) is 22.8 Å². The fourth-order valence-electron chi connectivity index (χ4n) is 1.98. The second kappa shape index (κ2) is 6.11. The van der Waals surface area contributed by atoms with Crippen molar-refractivity contribution in [2.45, 2.75) is 33.2 Å². The summed E-state index contributed by atoms with van der Waals surface area (Å²) < 4.78 is 1.85. The normalized spacial score (nSPS) is 14.1. The molecule has 0 spiro atoms. The quantitative estimate of drug-likeness (QED) is 0.879. The molecule has 1 aromatic carbocycles. The summed E-state index contributed by atoms with van der Waals surface area (Å²) in [6.07, 6.45) is 4.85. The second-order valence-corrected chi connectivity index (χ2v) is 5.37. The van der Waals surface area contributed by atoms with Crippen molar-refractivity contribution in [1.29, 1.82) is 0 Å². The minimum absolute atomic E-state index is 0.387. The Morgan fingerprint density at radius 1 is 1.37 bits per heavy atom. The number of nitrogens with zero attached hydrogens (tertiary/aromatic N) is 2. The number of anilines is 1. The first kappa shape index (κ1) is 13.9. The SMILES string of the molecule is CCC(C)C(C)Nc1cc(Cl)ccc1-n1cccn1. The number of benzene rings is 1. The largest absolute Gasteiger partial charge is 0.381 e. The summed E-state index contributed by atoms with van der Waals surface area (Å²) in [6.45, 7) is 6.65. The van der Waals surface area contributed by atoms with E-state index in [4.69, 9.17) is 11.6 Å². The van der Waals surface area contributed by atoms with Gasteiger partial charge in [-0.3, -0.25) is 0 Å². The number of aromatic nitrogens is 2. The van der Waals surface area contributed by atoms with Crippen molar-refractivity contribution < 1.29 is 0 Å². The minimum Gasteiger partial charge on any atom is -0.381 e. The van der Waals surface area contributed by atoms with Crippen LogP contribution in [0.3, 0.4) is 0 Å². The zero-order valence-electron chi connectivity index (χ0n) is 11.6. The summed E-state index contributed by atoms with van der Waals surface area (Å²) in [5.41, 5.74) is 2.04. The van der Waals surface area contributed by atoms with E-state index in [1.807, 2.05) is 35.1 Å². The molecule has 2 atom stereocenters. The van der Waals surface area contributed by atoms with Crippen LogP contribution in [-0.2, 0) is 0 Å². The van der Waals surface area contributed by atoms with Crippen molar-refractivity contribution >= 4 is 17.3 Å². The van der Waals surface area contributed by atoms with Gasteiger partial charge in [0.15, 0.2) is 0 Å². The van der Waals surface area contributed by atoms with Gasteiger partial charge in [-0.2, -0.15) is 5.10 Å². The molecule has 1 N–H and O–H groups in total. The lowest BCUT2D eigenvalue weighted by atomic mass is 10.0. The monoisotopic (exact) mass is 277 g/mol. The standard InChI is InChI=1S/C15H20ClN3/c1-4-11(2)12(3)18-14-10-13(16)6-7-15(14)19-9-5-8-17-19/h5-12,18H,4H2,1-3H3. The molecule has 2 aromatic rings. The van der Waals surface area contributed by atoms with Gasteiger partial charge < -0.3 is 5.32 Å². The van der Waals surface area contributed by atoms with Crippen LogP contribution in [0.15, 0.2) is 36.7 Å².